The van der Waals surface area contributed by atoms with Crippen molar-refractivity contribution < 1.29 is 9.53 Å². The van der Waals surface area contributed by atoms with Gasteiger partial charge in [0.15, 0.2) is 0 Å². The first-order chi connectivity index (χ1) is 12.3. The molecule has 4 rings (SSSR count). The Bertz CT molecular complexity index is 739. The summed E-state index contributed by atoms with van der Waals surface area (Å²) in [4.78, 5) is 21.2. The van der Waals surface area contributed by atoms with E-state index < -0.39 is 0 Å². The molecule has 1 fully saturated rings. The summed E-state index contributed by atoms with van der Waals surface area (Å²) in [6.45, 7) is 1.59. The van der Waals surface area contributed by atoms with Crippen LogP contribution in [0.1, 0.15) is 57.5 Å². The number of piperidine rings is 1. The number of aryl methyl sites for hydroxylation is 2. The lowest BCUT2D eigenvalue weighted by molar-refractivity contribution is 0.0709. The van der Waals surface area contributed by atoms with Crippen LogP contribution in [-0.4, -0.2) is 36.0 Å². The van der Waals surface area contributed by atoms with E-state index in [0.717, 1.165) is 32.4 Å². The number of amides is 1. The monoisotopic (exact) mass is 356 g/mol. The number of ether oxygens (including phenoxy) is 1. The summed E-state index contributed by atoms with van der Waals surface area (Å²) in [6.07, 6.45) is 6.96. The number of hydrogen-bond acceptors (Lipinski definition) is 4. The van der Waals surface area contributed by atoms with E-state index in [2.05, 4.69) is 0 Å². The number of thiazole rings is 1. The Labute approximate surface area is 152 Å². The number of carbonyl (C=O) groups excluding carboxylic acids is 1. The maximum atomic E-state index is 12.8. The summed E-state index contributed by atoms with van der Waals surface area (Å²) < 4.78 is 5.34. The van der Waals surface area contributed by atoms with Crippen molar-refractivity contribution in [3.63, 3.8) is 0 Å². The van der Waals surface area contributed by atoms with E-state index in [4.69, 9.17) is 9.72 Å². The molecule has 0 unspecified atom stereocenters. The number of nitrogens with zero attached hydrogens (tertiary/aromatic N) is 2. The number of likely N-dealkylation sites (tertiary alicyclic amines) is 1. The average Bonchev–Trinajstić information content (AvgIpc) is 3.12. The number of rotatable bonds is 3. The van der Waals surface area contributed by atoms with E-state index >= 15 is 0 Å². The second-order valence-electron chi connectivity index (χ2n) is 6.90. The highest BCUT2D eigenvalue weighted by Gasteiger charge is 2.28. The highest BCUT2D eigenvalue weighted by Crippen LogP contribution is 2.35. The third-order valence-corrected chi connectivity index (χ3v) is 6.65. The van der Waals surface area contributed by atoms with Crippen LogP contribution < -0.4 is 4.74 Å². The lowest BCUT2D eigenvalue weighted by Crippen LogP contribution is -2.38. The first kappa shape index (κ1) is 16.6. The second kappa shape index (κ2) is 7.16. The molecule has 1 saturated heterocycles. The Morgan fingerprint density at radius 3 is 2.72 bits per heavy atom. The summed E-state index contributed by atoms with van der Waals surface area (Å²) in [5, 5.41) is 1.30. The van der Waals surface area contributed by atoms with Gasteiger partial charge in [0.25, 0.3) is 5.91 Å². The van der Waals surface area contributed by atoms with E-state index in [1.54, 1.807) is 7.11 Å². The van der Waals surface area contributed by atoms with Crippen LogP contribution in [0.4, 0.5) is 0 Å². The van der Waals surface area contributed by atoms with Crippen molar-refractivity contribution >= 4 is 17.2 Å². The third kappa shape index (κ3) is 3.30. The Morgan fingerprint density at radius 1 is 1.20 bits per heavy atom. The van der Waals surface area contributed by atoms with Crippen LogP contribution in [0.2, 0.25) is 0 Å². The van der Waals surface area contributed by atoms with Gasteiger partial charge in [-0.3, -0.25) is 4.79 Å². The molecule has 0 atom stereocenters. The molecule has 0 saturated carbocycles. The standard InChI is InChI=1S/C20H24N2O2S/c1-24-17-8-4-2-6-15(17)20(23)22-12-10-14(11-13-22)19-21-16-7-3-5-9-18(16)25-19/h2,4,6,8,14H,3,5,7,9-13H2,1H3. The number of fused-ring (bicyclic) bond motifs is 1. The van der Waals surface area contributed by atoms with Crippen LogP contribution in [0.15, 0.2) is 24.3 Å². The number of aromatic nitrogens is 1. The lowest BCUT2D eigenvalue weighted by atomic mass is 9.96. The molecule has 1 aromatic carbocycles. The molecule has 0 radical (unpaired) electrons. The molecule has 0 N–H and O–H groups in total. The Kier molecular flexibility index (Phi) is 4.75. The van der Waals surface area contributed by atoms with Gasteiger partial charge in [-0.2, -0.15) is 0 Å². The predicted molar refractivity (Wildman–Crippen MR) is 99.6 cm³/mol. The van der Waals surface area contributed by atoms with Crippen molar-refractivity contribution in [1.29, 1.82) is 0 Å². The molecule has 25 heavy (non-hydrogen) atoms. The summed E-state index contributed by atoms with van der Waals surface area (Å²) in [5.74, 6) is 1.24. The van der Waals surface area contributed by atoms with Gasteiger partial charge in [0.05, 0.1) is 23.4 Å². The van der Waals surface area contributed by atoms with Gasteiger partial charge < -0.3 is 9.64 Å². The number of para-hydroxylation sites is 1. The van der Waals surface area contributed by atoms with Gasteiger partial charge in [0.1, 0.15) is 5.75 Å². The zero-order chi connectivity index (χ0) is 17.2. The summed E-state index contributed by atoms with van der Waals surface area (Å²) >= 11 is 1.92. The van der Waals surface area contributed by atoms with Crippen molar-refractivity contribution in [2.24, 2.45) is 0 Å². The maximum absolute atomic E-state index is 12.8. The molecule has 1 aromatic heterocycles. The minimum absolute atomic E-state index is 0.0781. The van der Waals surface area contributed by atoms with Gasteiger partial charge in [-0.05, 0) is 50.7 Å². The predicted octanol–water partition coefficient (Wildman–Crippen LogP) is 4.05. The molecule has 1 aliphatic heterocycles. The van der Waals surface area contributed by atoms with Gasteiger partial charge in [-0.15, -0.1) is 11.3 Å². The highest BCUT2D eigenvalue weighted by atomic mass is 32.1. The van der Waals surface area contributed by atoms with Gasteiger partial charge in [-0.1, -0.05) is 12.1 Å². The van der Waals surface area contributed by atoms with E-state index in [9.17, 15) is 4.79 Å². The zero-order valence-corrected chi connectivity index (χ0v) is 15.5. The molecule has 2 aliphatic rings. The molecule has 5 heteroatoms. The normalized spacial score (nSPS) is 18.0. The molecular weight excluding hydrogens is 332 g/mol. The number of hydrogen-bond donors (Lipinski definition) is 0. The summed E-state index contributed by atoms with van der Waals surface area (Å²) in [7, 11) is 1.61. The molecule has 4 nitrogen and oxygen atoms in total. The lowest BCUT2D eigenvalue weighted by Gasteiger charge is -2.31. The smallest absolute Gasteiger partial charge is 0.257 e. The number of benzene rings is 1. The Balaban J connectivity index is 1.43. The molecule has 0 bridgehead atoms. The first-order valence-corrected chi connectivity index (χ1v) is 9.98. The summed E-state index contributed by atoms with van der Waals surface area (Å²) in [5.41, 5.74) is 2.01. The average molecular weight is 356 g/mol. The van der Waals surface area contributed by atoms with Crippen LogP contribution >= 0.6 is 11.3 Å². The van der Waals surface area contributed by atoms with Crippen molar-refractivity contribution in [3.05, 3.63) is 45.4 Å². The Morgan fingerprint density at radius 2 is 1.96 bits per heavy atom. The number of methoxy groups -OCH3 is 1. The van der Waals surface area contributed by atoms with Crippen LogP contribution in [-0.2, 0) is 12.8 Å². The van der Waals surface area contributed by atoms with Crippen LogP contribution in [0.3, 0.4) is 0 Å². The van der Waals surface area contributed by atoms with Gasteiger partial charge in [-0.25, -0.2) is 4.98 Å². The minimum atomic E-state index is 0.0781. The van der Waals surface area contributed by atoms with Gasteiger partial charge in [0, 0.05) is 23.9 Å². The molecule has 0 spiro atoms. The van der Waals surface area contributed by atoms with Gasteiger partial charge >= 0.3 is 0 Å². The zero-order valence-electron chi connectivity index (χ0n) is 14.7. The van der Waals surface area contributed by atoms with Crippen LogP contribution in [0.25, 0.3) is 0 Å². The van der Waals surface area contributed by atoms with E-state index in [-0.39, 0.29) is 5.91 Å². The van der Waals surface area contributed by atoms with Crippen molar-refractivity contribution in [1.82, 2.24) is 9.88 Å². The van der Waals surface area contributed by atoms with E-state index in [1.165, 1.54) is 34.8 Å². The Hall–Kier alpha value is -1.88. The molecular formula is C20H24N2O2S. The summed E-state index contributed by atoms with van der Waals surface area (Å²) in [6, 6.07) is 7.48. The molecule has 1 amide bonds. The topological polar surface area (TPSA) is 42.4 Å². The SMILES string of the molecule is COc1ccccc1C(=O)N1CCC(c2nc3c(s2)CCCC3)CC1. The molecule has 2 aromatic rings. The maximum Gasteiger partial charge on any atom is 0.257 e. The van der Waals surface area contributed by atoms with Crippen molar-refractivity contribution in [2.75, 3.05) is 20.2 Å². The van der Waals surface area contributed by atoms with Crippen molar-refractivity contribution in [2.45, 2.75) is 44.4 Å². The van der Waals surface area contributed by atoms with Crippen LogP contribution in [0.5, 0.6) is 5.75 Å². The second-order valence-corrected chi connectivity index (χ2v) is 8.01. The quantitative estimate of drug-likeness (QED) is 0.833. The molecule has 2 heterocycles. The highest BCUT2D eigenvalue weighted by molar-refractivity contribution is 7.11. The van der Waals surface area contributed by atoms with E-state index in [1.807, 2.05) is 40.5 Å². The fourth-order valence-electron chi connectivity index (χ4n) is 3.87. The molecule has 132 valence electrons. The first-order valence-electron chi connectivity index (χ1n) is 9.17. The van der Waals surface area contributed by atoms with Gasteiger partial charge in [0.2, 0.25) is 0 Å². The minimum Gasteiger partial charge on any atom is -0.496 e. The van der Waals surface area contributed by atoms with E-state index in [0.29, 0.717) is 17.2 Å². The largest absolute Gasteiger partial charge is 0.496 e. The fourth-order valence-corrected chi connectivity index (χ4v) is 5.19. The third-order valence-electron chi connectivity index (χ3n) is 5.33. The fraction of sp³-hybridized carbons (Fsp3) is 0.500. The van der Waals surface area contributed by atoms with Crippen LogP contribution in [0, 0.1) is 0 Å². The molecule has 1 aliphatic carbocycles. The number of carbonyl (C=O) groups is 1. The van der Waals surface area contributed by atoms with Crippen molar-refractivity contribution in [3.8, 4) is 5.75 Å².